The summed E-state index contributed by atoms with van der Waals surface area (Å²) in [5.74, 6) is 1.74. The number of benzene rings is 3. The van der Waals surface area contributed by atoms with Crippen molar-refractivity contribution in [1.29, 1.82) is 0 Å². The summed E-state index contributed by atoms with van der Waals surface area (Å²) in [5, 5.41) is 0. The molecular formula is C24H22O2. The molecule has 2 nitrogen and oxygen atoms in total. The van der Waals surface area contributed by atoms with Crippen LogP contribution in [0.2, 0.25) is 0 Å². The van der Waals surface area contributed by atoms with E-state index < -0.39 is 0 Å². The van der Waals surface area contributed by atoms with E-state index in [0.717, 1.165) is 33.8 Å². The zero-order valence-electron chi connectivity index (χ0n) is 15.1. The largest absolute Gasteiger partial charge is 0.497 e. The molecule has 0 aliphatic heterocycles. The van der Waals surface area contributed by atoms with E-state index in [2.05, 4.69) is 48.6 Å². The van der Waals surface area contributed by atoms with Gasteiger partial charge in [-0.15, -0.1) is 0 Å². The van der Waals surface area contributed by atoms with Crippen molar-refractivity contribution in [3.8, 4) is 11.5 Å². The average molecular weight is 342 g/mol. The maximum atomic E-state index is 5.19. The zero-order valence-corrected chi connectivity index (χ0v) is 15.1. The Morgan fingerprint density at radius 2 is 0.885 bits per heavy atom. The third-order valence-corrected chi connectivity index (χ3v) is 4.08. The SMILES string of the molecule is COc1ccc(/C=C/c2cccc(/C=C/c3ccc(OC)cc3)c2)cc1. The molecular weight excluding hydrogens is 320 g/mol. The van der Waals surface area contributed by atoms with Gasteiger partial charge >= 0.3 is 0 Å². The van der Waals surface area contributed by atoms with Gasteiger partial charge in [0.05, 0.1) is 14.2 Å². The maximum absolute atomic E-state index is 5.19. The van der Waals surface area contributed by atoms with E-state index in [4.69, 9.17) is 9.47 Å². The maximum Gasteiger partial charge on any atom is 0.118 e. The van der Waals surface area contributed by atoms with Gasteiger partial charge in [-0.2, -0.15) is 0 Å². The molecule has 0 saturated heterocycles. The van der Waals surface area contributed by atoms with E-state index >= 15 is 0 Å². The molecule has 0 spiro atoms. The number of hydrogen-bond acceptors (Lipinski definition) is 2. The lowest BCUT2D eigenvalue weighted by Gasteiger charge is -2.01. The van der Waals surface area contributed by atoms with Crippen LogP contribution in [0.3, 0.4) is 0 Å². The van der Waals surface area contributed by atoms with Crippen molar-refractivity contribution in [3.05, 3.63) is 95.1 Å². The van der Waals surface area contributed by atoms with Crippen LogP contribution in [-0.4, -0.2) is 14.2 Å². The molecule has 0 unspecified atom stereocenters. The van der Waals surface area contributed by atoms with Gasteiger partial charge in [0, 0.05) is 0 Å². The van der Waals surface area contributed by atoms with Crippen molar-refractivity contribution < 1.29 is 9.47 Å². The minimum Gasteiger partial charge on any atom is -0.497 e. The van der Waals surface area contributed by atoms with E-state index in [0.29, 0.717) is 0 Å². The molecule has 130 valence electrons. The molecule has 0 radical (unpaired) electrons. The molecule has 0 aliphatic rings. The van der Waals surface area contributed by atoms with Gasteiger partial charge in [0.1, 0.15) is 11.5 Å². The molecule has 0 saturated carbocycles. The van der Waals surface area contributed by atoms with Gasteiger partial charge in [0.25, 0.3) is 0 Å². The van der Waals surface area contributed by atoms with Gasteiger partial charge in [-0.05, 0) is 52.6 Å². The lowest BCUT2D eigenvalue weighted by Crippen LogP contribution is -1.82. The number of rotatable bonds is 6. The highest BCUT2D eigenvalue weighted by Crippen LogP contribution is 2.17. The molecule has 2 heteroatoms. The smallest absolute Gasteiger partial charge is 0.118 e. The summed E-state index contributed by atoms with van der Waals surface area (Å²) >= 11 is 0. The highest BCUT2D eigenvalue weighted by Gasteiger charge is 1.94. The minimum absolute atomic E-state index is 0.868. The van der Waals surface area contributed by atoms with E-state index in [1.807, 2.05) is 48.5 Å². The van der Waals surface area contributed by atoms with E-state index in [1.54, 1.807) is 14.2 Å². The molecule has 0 heterocycles. The van der Waals surface area contributed by atoms with Gasteiger partial charge < -0.3 is 9.47 Å². The first kappa shape index (κ1) is 17.6. The summed E-state index contributed by atoms with van der Waals surface area (Å²) in [4.78, 5) is 0. The molecule has 3 rings (SSSR count). The van der Waals surface area contributed by atoms with Crippen LogP contribution in [0.1, 0.15) is 22.3 Å². The summed E-state index contributed by atoms with van der Waals surface area (Å²) in [6.07, 6.45) is 8.44. The predicted octanol–water partition coefficient (Wildman–Crippen LogP) is 6.04. The second kappa shape index (κ2) is 8.72. The molecule has 0 aromatic heterocycles. The molecule has 0 N–H and O–H groups in total. The first-order valence-electron chi connectivity index (χ1n) is 8.51. The third-order valence-electron chi connectivity index (χ3n) is 4.08. The Kier molecular flexibility index (Phi) is 5.89. The van der Waals surface area contributed by atoms with Gasteiger partial charge in [-0.25, -0.2) is 0 Å². The van der Waals surface area contributed by atoms with Crippen LogP contribution >= 0.6 is 0 Å². The number of ether oxygens (including phenoxy) is 2. The topological polar surface area (TPSA) is 18.5 Å². The minimum atomic E-state index is 0.868. The van der Waals surface area contributed by atoms with Crippen molar-refractivity contribution in [2.75, 3.05) is 14.2 Å². The van der Waals surface area contributed by atoms with Crippen molar-refractivity contribution >= 4 is 24.3 Å². The molecule has 0 aliphatic carbocycles. The van der Waals surface area contributed by atoms with Gasteiger partial charge in [-0.3, -0.25) is 0 Å². The third kappa shape index (κ3) is 4.87. The van der Waals surface area contributed by atoms with Crippen LogP contribution in [0.5, 0.6) is 11.5 Å². The predicted molar refractivity (Wildman–Crippen MR) is 110 cm³/mol. The Hall–Kier alpha value is -3.26. The first-order chi connectivity index (χ1) is 12.8. The van der Waals surface area contributed by atoms with Crippen molar-refractivity contribution in [2.45, 2.75) is 0 Å². The Bertz CT molecular complexity index is 816. The Morgan fingerprint density at radius 1 is 0.500 bits per heavy atom. The van der Waals surface area contributed by atoms with Gasteiger partial charge in [0.2, 0.25) is 0 Å². The van der Waals surface area contributed by atoms with Crippen LogP contribution < -0.4 is 9.47 Å². The molecule has 0 atom stereocenters. The quantitative estimate of drug-likeness (QED) is 0.508. The van der Waals surface area contributed by atoms with Gasteiger partial charge in [-0.1, -0.05) is 66.8 Å². The molecule has 3 aromatic rings. The highest BCUT2D eigenvalue weighted by atomic mass is 16.5. The molecule has 0 bridgehead atoms. The normalized spacial score (nSPS) is 11.2. The van der Waals surface area contributed by atoms with E-state index in [9.17, 15) is 0 Å². The van der Waals surface area contributed by atoms with Gasteiger partial charge in [0.15, 0.2) is 0 Å². The Labute approximate surface area is 155 Å². The summed E-state index contributed by atoms with van der Waals surface area (Å²) in [5.41, 5.74) is 4.62. The number of methoxy groups -OCH3 is 2. The lowest BCUT2D eigenvalue weighted by atomic mass is 10.1. The molecule has 0 fully saturated rings. The zero-order chi connectivity index (χ0) is 18.2. The first-order valence-corrected chi connectivity index (χ1v) is 8.51. The lowest BCUT2D eigenvalue weighted by molar-refractivity contribution is 0.414. The van der Waals surface area contributed by atoms with E-state index in [-0.39, 0.29) is 0 Å². The summed E-state index contributed by atoms with van der Waals surface area (Å²) in [6.45, 7) is 0. The standard InChI is InChI=1S/C24H22O2/c1-25-23-14-10-19(11-15-23)6-8-21-4-3-5-22(18-21)9-7-20-12-16-24(26-2)17-13-20/h3-18H,1-2H3/b8-6+,9-7+. The molecule has 3 aromatic carbocycles. The van der Waals surface area contributed by atoms with Crippen LogP contribution in [0, 0.1) is 0 Å². The average Bonchev–Trinajstić information content (AvgIpc) is 2.72. The van der Waals surface area contributed by atoms with Crippen LogP contribution in [0.25, 0.3) is 24.3 Å². The second-order valence-electron chi connectivity index (χ2n) is 5.88. The van der Waals surface area contributed by atoms with Crippen LogP contribution in [0.15, 0.2) is 72.8 Å². The summed E-state index contributed by atoms with van der Waals surface area (Å²) in [7, 11) is 3.35. The Morgan fingerprint density at radius 3 is 1.27 bits per heavy atom. The fraction of sp³-hybridized carbons (Fsp3) is 0.0833. The summed E-state index contributed by atoms with van der Waals surface area (Å²) < 4.78 is 10.4. The van der Waals surface area contributed by atoms with Crippen LogP contribution in [0.4, 0.5) is 0 Å². The van der Waals surface area contributed by atoms with Crippen molar-refractivity contribution in [2.24, 2.45) is 0 Å². The molecule has 26 heavy (non-hydrogen) atoms. The summed E-state index contributed by atoms with van der Waals surface area (Å²) in [6, 6.07) is 24.5. The fourth-order valence-electron chi connectivity index (χ4n) is 2.58. The second-order valence-corrected chi connectivity index (χ2v) is 5.88. The number of hydrogen-bond donors (Lipinski definition) is 0. The fourth-order valence-corrected chi connectivity index (χ4v) is 2.58. The van der Waals surface area contributed by atoms with Crippen molar-refractivity contribution in [1.82, 2.24) is 0 Å². The Balaban J connectivity index is 1.70. The monoisotopic (exact) mass is 342 g/mol. The molecule has 0 amide bonds. The van der Waals surface area contributed by atoms with Crippen LogP contribution in [-0.2, 0) is 0 Å². The highest BCUT2D eigenvalue weighted by molar-refractivity contribution is 5.74. The van der Waals surface area contributed by atoms with E-state index in [1.165, 1.54) is 0 Å². The van der Waals surface area contributed by atoms with Crippen molar-refractivity contribution in [3.63, 3.8) is 0 Å².